The van der Waals surface area contributed by atoms with E-state index >= 15 is 0 Å². The molecule has 0 unspecified atom stereocenters. The number of benzene rings is 1. The fourth-order valence-electron chi connectivity index (χ4n) is 3.17. The summed E-state index contributed by atoms with van der Waals surface area (Å²) in [7, 11) is 0. The Bertz CT molecular complexity index is 1070. The molecule has 0 radical (unpaired) electrons. The van der Waals surface area contributed by atoms with Crippen LogP contribution in [0.25, 0.3) is 11.2 Å². The van der Waals surface area contributed by atoms with Gasteiger partial charge in [-0.15, -0.1) is 0 Å². The van der Waals surface area contributed by atoms with Crippen LogP contribution in [0.3, 0.4) is 0 Å². The zero-order valence-corrected chi connectivity index (χ0v) is 17.2. The minimum Gasteiger partial charge on any atom is -0.459 e. The number of aliphatic hydroxyl groups excluding tert-OH is 1. The average molecular weight is 445 g/mol. The van der Waals surface area contributed by atoms with Crippen LogP contribution in [0.4, 0.5) is 5.82 Å². The van der Waals surface area contributed by atoms with E-state index in [0.29, 0.717) is 17.0 Å². The van der Waals surface area contributed by atoms with E-state index in [0.717, 1.165) is 18.4 Å². The van der Waals surface area contributed by atoms with Crippen LogP contribution >= 0.6 is 11.6 Å². The molecule has 162 valence electrons. The maximum Gasteiger partial charge on any atom is 0.331 e. The number of carbonyl (C=O) groups is 2. The number of H-pyrrole nitrogens is 1. The van der Waals surface area contributed by atoms with Crippen LogP contribution in [-0.2, 0) is 20.9 Å². The van der Waals surface area contributed by atoms with E-state index < -0.39 is 24.5 Å². The third-order valence-corrected chi connectivity index (χ3v) is 5.01. The first-order valence-electron chi connectivity index (χ1n) is 9.79. The molecule has 1 aromatic carbocycles. The van der Waals surface area contributed by atoms with Gasteiger partial charge in [0.15, 0.2) is 17.5 Å². The maximum atomic E-state index is 12.7. The van der Waals surface area contributed by atoms with Crippen molar-refractivity contribution in [3.05, 3.63) is 47.5 Å². The first-order chi connectivity index (χ1) is 15.0. The summed E-state index contributed by atoms with van der Waals surface area (Å²) in [6.07, 6.45) is 3.27. The number of halogens is 1. The van der Waals surface area contributed by atoms with Gasteiger partial charge in [-0.25, -0.2) is 9.78 Å². The number of esters is 1. The zero-order chi connectivity index (χ0) is 21.8. The Kier molecular flexibility index (Phi) is 6.28. The lowest BCUT2D eigenvalue weighted by molar-refractivity contribution is -0.150. The number of anilines is 1. The van der Waals surface area contributed by atoms with E-state index in [1.165, 1.54) is 6.33 Å². The van der Waals surface area contributed by atoms with Gasteiger partial charge in [0.25, 0.3) is 0 Å². The largest absolute Gasteiger partial charge is 0.459 e. The van der Waals surface area contributed by atoms with Crippen molar-refractivity contribution in [1.82, 2.24) is 25.3 Å². The molecule has 1 aliphatic rings. The number of nitrogens with zero attached hydrogens (tertiary/aromatic N) is 4. The summed E-state index contributed by atoms with van der Waals surface area (Å²) >= 11 is 6.02. The maximum absolute atomic E-state index is 12.7. The second-order valence-corrected chi connectivity index (χ2v) is 7.51. The summed E-state index contributed by atoms with van der Waals surface area (Å²) in [5.74, 6) is -0.693. The van der Waals surface area contributed by atoms with Crippen molar-refractivity contribution in [3.63, 3.8) is 0 Å². The fraction of sp³-hybridized carbons (Fsp3) is 0.350. The lowest BCUT2D eigenvalue weighted by Crippen LogP contribution is -2.48. The normalized spacial score (nSPS) is 14.3. The number of aromatic nitrogens is 4. The molecule has 1 amide bonds. The summed E-state index contributed by atoms with van der Waals surface area (Å²) in [4.78, 5) is 42.2. The summed E-state index contributed by atoms with van der Waals surface area (Å²) in [6, 6.07) is 8.09. The third-order valence-electron chi connectivity index (χ3n) is 4.84. The van der Waals surface area contributed by atoms with Gasteiger partial charge in [-0.05, 0) is 30.0 Å². The van der Waals surface area contributed by atoms with E-state index in [4.69, 9.17) is 16.3 Å². The van der Waals surface area contributed by atoms with Gasteiger partial charge in [0.1, 0.15) is 12.1 Å². The van der Waals surface area contributed by atoms with E-state index in [2.05, 4.69) is 25.3 Å². The molecule has 0 spiro atoms. The number of aliphatic hydroxyl groups is 1. The van der Waals surface area contributed by atoms with Crippen LogP contribution < -0.4 is 10.2 Å². The second-order valence-electron chi connectivity index (χ2n) is 7.17. The Morgan fingerprint density at radius 2 is 2.06 bits per heavy atom. The van der Waals surface area contributed by atoms with Gasteiger partial charge in [0.05, 0.1) is 19.5 Å². The average Bonchev–Trinajstić information content (AvgIpc) is 3.51. The molecule has 1 saturated carbocycles. The Hall–Kier alpha value is -3.24. The van der Waals surface area contributed by atoms with E-state index in [-0.39, 0.29) is 24.5 Å². The highest BCUT2D eigenvalue weighted by molar-refractivity contribution is 6.28. The molecule has 31 heavy (non-hydrogen) atoms. The first-order valence-corrected chi connectivity index (χ1v) is 10.2. The highest BCUT2D eigenvalue weighted by Gasteiger charge is 2.34. The topological polar surface area (TPSA) is 133 Å². The molecule has 1 fully saturated rings. The van der Waals surface area contributed by atoms with E-state index in [1.54, 1.807) is 4.90 Å². The van der Waals surface area contributed by atoms with Crippen molar-refractivity contribution in [2.24, 2.45) is 0 Å². The Labute approximate surface area is 182 Å². The molecule has 0 saturated heterocycles. The molecule has 2 heterocycles. The quantitative estimate of drug-likeness (QED) is 0.331. The number of nitrogens with one attached hydrogen (secondary N) is 2. The second kappa shape index (κ2) is 9.27. The Morgan fingerprint density at radius 3 is 2.77 bits per heavy atom. The monoisotopic (exact) mass is 444 g/mol. The summed E-state index contributed by atoms with van der Waals surface area (Å²) < 4.78 is 5.22. The van der Waals surface area contributed by atoms with Crippen LogP contribution in [0.2, 0.25) is 5.28 Å². The first kappa shape index (κ1) is 21.0. The van der Waals surface area contributed by atoms with Crippen molar-refractivity contribution in [3.8, 4) is 0 Å². The Morgan fingerprint density at radius 1 is 1.29 bits per heavy atom. The number of hydrogen-bond acceptors (Lipinski definition) is 8. The molecule has 0 bridgehead atoms. The highest BCUT2D eigenvalue weighted by atomic mass is 35.5. The predicted octanol–water partition coefficient (Wildman–Crippen LogP) is 1.20. The third kappa shape index (κ3) is 5.09. The molecule has 2 aromatic heterocycles. The summed E-state index contributed by atoms with van der Waals surface area (Å²) in [5.41, 5.74) is 1.78. The van der Waals surface area contributed by atoms with Crippen molar-refractivity contribution in [2.45, 2.75) is 31.5 Å². The van der Waals surface area contributed by atoms with Crippen LogP contribution in [-0.4, -0.2) is 62.2 Å². The number of hydrogen-bond donors (Lipinski definition) is 3. The van der Waals surface area contributed by atoms with Gasteiger partial charge < -0.3 is 25.0 Å². The lowest BCUT2D eigenvalue weighted by Gasteiger charge is -2.24. The van der Waals surface area contributed by atoms with Gasteiger partial charge in [-0.2, -0.15) is 9.97 Å². The lowest BCUT2D eigenvalue weighted by atomic mass is 10.2. The highest BCUT2D eigenvalue weighted by Crippen LogP contribution is 2.33. The van der Waals surface area contributed by atoms with Crippen molar-refractivity contribution in [1.29, 1.82) is 0 Å². The molecule has 11 heteroatoms. The molecular formula is C20H21ClN6O4. The minimum absolute atomic E-state index is 0.0263. The van der Waals surface area contributed by atoms with Gasteiger partial charge in [-0.3, -0.25) is 4.79 Å². The molecule has 3 aromatic rings. The van der Waals surface area contributed by atoms with E-state index in [1.807, 2.05) is 30.3 Å². The number of imidazole rings is 1. The van der Waals surface area contributed by atoms with Crippen LogP contribution in [0, 0.1) is 0 Å². The zero-order valence-electron chi connectivity index (χ0n) is 16.5. The fourth-order valence-corrected chi connectivity index (χ4v) is 3.33. The Balaban J connectivity index is 1.41. The molecule has 1 atom stereocenters. The van der Waals surface area contributed by atoms with Crippen LogP contribution in [0.5, 0.6) is 0 Å². The minimum atomic E-state index is -1.17. The number of aromatic amines is 1. The SMILES string of the molecule is O=C(CN(c1nc(Cl)nc2nc[nH]c12)C1CC1)N[C@@H](CO)C(=O)OCc1ccccc1. The molecule has 4 rings (SSSR count). The van der Waals surface area contributed by atoms with Crippen LogP contribution in [0.1, 0.15) is 18.4 Å². The van der Waals surface area contributed by atoms with Crippen molar-refractivity contribution >= 4 is 40.5 Å². The number of fused-ring (bicyclic) bond motifs is 1. The summed E-state index contributed by atoms with van der Waals surface area (Å²) in [6.45, 7) is -0.598. The number of ether oxygens (including phenoxy) is 1. The van der Waals surface area contributed by atoms with Gasteiger partial charge in [-0.1, -0.05) is 30.3 Å². The summed E-state index contributed by atoms with van der Waals surface area (Å²) in [5, 5.41) is 12.1. The predicted molar refractivity (Wildman–Crippen MR) is 112 cm³/mol. The van der Waals surface area contributed by atoms with Gasteiger partial charge >= 0.3 is 5.97 Å². The molecule has 0 aliphatic heterocycles. The number of amides is 1. The standard InChI is InChI=1S/C20H21ClN6O4/c21-20-25-17-16(22-11-23-17)18(26-20)27(13-6-7-13)8-15(29)24-14(9-28)19(30)31-10-12-4-2-1-3-5-12/h1-5,11,13-14,28H,6-10H2,(H,24,29)(H,22,23,25,26)/t14-/m0/s1. The molecular weight excluding hydrogens is 424 g/mol. The number of carbonyl (C=O) groups excluding carboxylic acids is 2. The van der Waals surface area contributed by atoms with Crippen molar-refractivity contribution in [2.75, 3.05) is 18.1 Å². The molecule has 1 aliphatic carbocycles. The van der Waals surface area contributed by atoms with Crippen molar-refractivity contribution < 1.29 is 19.4 Å². The molecule has 3 N–H and O–H groups in total. The smallest absolute Gasteiger partial charge is 0.331 e. The van der Waals surface area contributed by atoms with E-state index in [9.17, 15) is 14.7 Å². The van der Waals surface area contributed by atoms with Crippen LogP contribution in [0.15, 0.2) is 36.7 Å². The number of rotatable bonds is 9. The molecule has 10 nitrogen and oxygen atoms in total. The van der Waals surface area contributed by atoms with Gasteiger partial charge in [0.2, 0.25) is 11.2 Å². The van der Waals surface area contributed by atoms with Gasteiger partial charge in [0, 0.05) is 6.04 Å².